The van der Waals surface area contributed by atoms with Gasteiger partial charge in [-0.15, -0.1) is 12.4 Å². The third-order valence-electron chi connectivity index (χ3n) is 4.49. The first kappa shape index (κ1) is 17.8. The summed E-state index contributed by atoms with van der Waals surface area (Å²) in [6.45, 7) is 4.23. The first-order chi connectivity index (χ1) is 10.9. The van der Waals surface area contributed by atoms with Gasteiger partial charge >= 0.3 is 0 Å². The molecule has 124 valence electrons. The van der Waals surface area contributed by atoms with Gasteiger partial charge in [0.1, 0.15) is 12.4 Å². The van der Waals surface area contributed by atoms with Crippen LogP contribution >= 0.6 is 12.4 Å². The second kappa shape index (κ2) is 9.59. The van der Waals surface area contributed by atoms with Crippen LogP contribution in [0.2, 0.25) is 0 Å². The molecule has 2 aromatic rings. The van der Waals surface area contributed by atoms with E-state index < -0.39 is 0 Å². The summed E-state index contributed by atoms with van der Waals surface area (Å²) in [5.41, 5.74) is 1.48. The quantitative estimate of drug-likeness (QED) is 0.775. The van der Waals surface area contributed by atoms with E-state index in [1.165, 1.54) is 37.9 Å². The molecule has 0 amide bonds. The summed E-state index contributed by atoms with van der Waals surface area (Å²) in [5, 5.41) is 0. The lowest BCUT2D eigenvalue weighted by molar-refractivity contribution is 0.155. The molecule has 2 nitrogen and oxygen atoms in total. The normalized spacial score (nSPS) is 15.8. The van der Waals surface area contributed by atoms with E-state index in [4.69, 9.17) is 4.74 Å². The van der Waals surface area contributed by atoms with Crippen molar-refractivity contribution >= 4 is 12.4 Å². The van der Waals surface area contributed by atoms with Crippen molar-refractivity contribution in [2.24, 2.45) is 5.92 Å². The Morgan fingerprint density at radius 2 is 1.48 bits per heavy atom. The summed E-state index contributed by atoms with van der Waals surface area (Å²) in [4.78, 5) is 2.53. The van der Waals surface area contributed by atoms with E-state index in [2.05, 4.69) is 35.2 Å². The Morgan fingerprint density at radius 3 is 2.13 bits per heavy atom. The van der Waals surface area contributed by atoms with Gasteiger partial charge in [-0.3, -0.25) is 4.90 Å². The van der Waals surface area contributed by atoms with Crippen molar-refractivity contribution in [3.8, 4) is 5.75 Å². The first-order valence-electron chi connectivity index (χ1n) is 8.34. The second-order valence-electron chi connectivity index (χ2n) is 6.14. The Morgan fingerprint density at radius 1 is 0.870 bits per heavy atom. The smallest absolute Gasteiger partial charge is 0.119 e. The first-order valence-corrected chi connectivity index (χ1v) is 8.34. The predicted octanol–water partition coefficient (Wildman–Crippen LogP) is 4.44. The maximum absolute atomic E-state index is 5.79. The predicted molar refractivity (Wildman–Crippen MR) is 98.5 cm³/mol. The second-order valence-corrected chi connectivity index (χ2v) is 6.14. The van der Waals surface area contributed by atoms with Crippen molar-refractivity contribution in [2.75, 3.05) is 26.2 Å². The number of piperidine rings is 1. The van der Waals surface area contributed by atoms with E-state index in [0.717, 1.165) is 24.8 Å². The minimum atomic E-state index is 0. The molecule has 1 aliphatic rings. The van der Waals surface area contributed by atoms with Crippen LogP contribution in [-0.2, 0) is 6.42 Å². The lowest BCUT2D eigenvalue weighted by atomic mass is 9.90. The molecule has 1 aliphatic heterocycles. The number of hydrogen-bond acceptors (Lipinski definition) is 2. The SMILES string of the molecule is Cl.c1ccc(CC2CCN(CCOc3ccccc3)CC2)cc1. The zero-order valence-electron chi connectivity index (χ0n) is 13.6. The Kier molecular flexibility index (Phi) is 7.44. The van der Waals surface area contributed by atoms with Gasteiger partial charge in [-0.25, -0.2) is 0 Å². The van der Waals surface area contributed by atoms with Crippen LogP contribution in [0, 0.1) is 5.92 Å². The molecule has 0 atom stereocenters. The van der Waals surface area contributed by atoms with Crippen molar-refractivity contribution in [2.45, 2.75) is 19.3 Å². The number of rotatable bonds is 6. The molecule has 3 rings (SSSR count). The van der Waals surface area contributed by atoms with Gasteiger partial charge in [0.2, 0.25) is 0 Å². The van der Waals surface area contributed by atoms with Gasteiger partial charge in [0, 0.05) is 6.54 Å². The van der Waals surface area contributed by atoms with Crippen LogP contribution in [0.1, 0.15) is 18.4 Å². The summed E-state index contributed by atoms with van der Waals surface area (Å²) in [6.07, 6.45) is 3.84. The third-order valence-corrected chi connectivity index (χ3v) is 4.49. The van der Waals surface area contributed by atoms with E-state index in [9.17, 15) is 0 Å². The molecule has 2 aromatic carbocycles. The molecule has 0 spiro atoms. The van der Waals surface area contributed by atoms with Crippen molar-refractivity contribution in [3.63, 3.8) is 0 Å². The Bertz CT molecular complexity index is 538. The summed E-state index contributed by atoms with van der Waals surface area (Å²) in [6, 6.07) is 21.0. The number of benzene rings is 2. The number of likely N-dealkylation sites (tertiary alicyclic amines) is 1. The highest BCUT2D eigenvalue weighted by atomic mass is 35.5. The summed E-state index contributed by atoms with van der Waals surface area (Å²) < 4.78 is 5.79. The van der Waals surface area contributed by atoms with E-state index in [1.54, 1.807) is 0 Å². The van der Waals surface area contributed by atoms with E-state index in [1.807, 2.05) is 30.3 Å². The van der Waals surface area contributed by atoms with Gasteiger partial charge < -0.3 is 4.74 Å². The molecule has 0 radical (unpaired) electrons. The highest BCUT2D eigenvalue weighted by Gasteiger charge is 2.19. The largest absolute Gasteiger partial charge is 0.492 e. The van der Waals surface area contributed by atoms with E-state index in [-0.39, 0.29) is 12.4 Å². The molecular weight excluding hydrogens is 306 g/mol. The standard InChI is InChI=1S/C20H25NO.ClH/c1-3-7-18(8-4-1)17-19-11-13-21(14-12-19)15-16-22-20-9-5-2-6-10-20;/h1-10,19H,11-17H2;1H. The number of ether oxygens (including phenoxy) is 1. The highest BCUT2D eigenvalue weighted by Crippen LogP contribution is 2.21. The van der Waals surface area contributed by atoms with Gasteiger partial charge in [-0.2, -0.15) is 0 Å². The van der Waals surface area contributed by atoms with Crippen LogP contribution in [-0.4, -0.2) is 31.1 Å². The molecule has 0 aliphatic carbocycles. The van der Waals surface area contributed by atoms with Gasteiger partial charge in [0.15, 0.2) is 0 Å². The van der Waals surface area contributed by atoms with Gasteiger partial charge in [-0.05, 0) is 56.0 Å². The lowest BCUT2D eigenvalue weighted by Crippen LogP contribution is -2.36. The molecular formula is C20H26ClNO. The van der Waals surface area contributed by atoms with Crippen LogP contribution in [0.5, 0.6) is 5.75 Å². The number of hydrogen-bond donors (Lipinski definition) is 0. The average Bonchev–Trinajstić information content (AvgIpc) is 2.58. The molecule has 0 unspecified atom stereocenters. The number of nitrogens with zero attached hydrogens (tertiary/aromatic N) is 1. The molecule has 1 saturated heterocycles. The molecule has 0 aromatic heterocycles. The van der Waals surface area contributed by atoms with E-state index in [0.29, 0.717) is 0 Å². The van der Waals surface area contributed by atoms with Crippen LogP contribution in [0.4, 0.5) is 0 Å². The molecule has 1 heterocycles. The van der Waals surface area contributed by atoms with Crippen LogP contribution < -0.4 is 4.74 Å². The zero-order chi connectivity index (χ0) is 15.0. The van der Waals surface area contributed by atoms with Crippen LogP contribution in [0.25, 0.3) is 0 Å². The zero-order valence-corrected chi connectivity index (χ0v) is 14.4. The molecule has 3 heteroatoms. The van der Waals surface area contributed by atoms with Gasteiger partial charge in [0.25, 0.3) is 0 Å². The molecule has 0 N–H and O–H groups in total. The van der Waals surface area contributed by atoms with Gasteiger partial charge in [0.05, 0.1) is 0 Å². The van der Waals surface area contributed by atoms with Crippen LogP contribution in [0.15, 0.2) is 60.7 Å². The fraction of sp³-hybridized carbons (Fsp3) is 0.400. The maximum Gasteiger partial charge on any atom is 0.119 e. The Hall–Kier alpha value is -1.51. The van der Waals surface area contributed by atoms with Crippen molar-refractivity contribution in [1.82, 2.24) is 4.90 Å². The highest BCUT2D eigenvalue weighted by molar-refractivity contribution is 5.85. The molecule has 0 saturated carbocycles. The molecule has 23 heavy (non-hydrogen) atoms. The fourth-order valence-corrected chi connectivity index (χ4v) is 3.17. The lowest BCUT2D eigenvalue weighted by Gasteiger charge is -2.31. The van der Waals surface area contributed by atoms with Crippen molar-refractivity contribution in [1.29, 1.82) is 0 Å². The minimum Gasteiger partial charge on any atom is -0.492 e. The average molecular weight is 332 g/mol. The fourth-order valence-electron chi connectivity index (χ4n) is 3.17. The van der Waals surface area contributed by atoms with E-state index >= 15 is 0 Å². The number of para-hydroxylation sites is 1. The van der Waals surface area contributed by atoms with Crippen LogP contribution in [0.3, 0.4) is 0 Å². The Balaban J connectivity index is 0.00000192. The summed E-state index contributed by atoms with van der Waals surface area (Å²) >= 11 is 0. The molecule has 1 fully saturated rings. The molecule has 0 bridgehead atoms. The van der Waals surface area contributed by atoms with Gasteiger partial charge in [-0.1, -0.05) is 48.5 Å². The summed E-state index contributed by atoms with van der Waals surface area (Å²) in [5.74, 6) is 1.81. The maximum atomic E-state index is 5.79. The van der Waals surface area contributed by atoms with Crippen molar-refractivity contribution in [3.05, 3.63) is 66.2 Å². The minimum absolute atomic E-state index is 0. The topological polar surface area (TPSA) is 12.5 Å². The Labute approximate surface area is 145 Å². The monoisotopic (exact) mass is 331 g/mol. The number of halogens is 1. The third kappa shape index (κ3) is 5.89. The van der Waals surface area contributed by atoms with Crippen molar-refractivity contribution < 1.29 is 4.74 Å². The summed E-state index contributed by atoms with van der Waals surface area (Å²) in [7, 11) is 0.